The summed E-state index contributed by atoms with van der Waals surface area (Å²) in [6.45, 7) is 14.2. The summed E-state index contributed by atoms with van der Waals surface area (Å²) in [6, 6.07) is 3.95. The van der Waals surface area contributed by atoms with Gasteiger partial charge < -0.3 is 4.40 Å². The van der Waals surface area contributed by atoms with Gasteiger partial charge in [0.1, 0.15) is 5.65 Å². The summed E-state index contributed by atoms with van der Waals surface area (Å²) >= 11 is 0. The molecule has 0 atom stereocenters. The van der Waals surface area contributed by atoms with Gasteiger partial charge in [-0.15, -0.1) is 0 Å². The smallest absolute Gasteiger partial charge is 0.267 e. The third kappa shape index (κ3) is 6.98. The van der Waals surface area contributed by atoms with Gasteiger partial charge in [0.05, 0.1) is 11.4 Å². The van der Waals surface area contributed by atoms with Gasteiger partial charge in [0.25, 0.3) is 5.91 Å². The molecule has 0 radical (unpaired) electrons. The minimum Gasteiger partial charge on any atom is -0.302 e. The van der Waals surface area contributed by atoms with Crippen LogP contribution in [0, 0.1) is 11.8 Å². The lowest BCUT2D eigenvalue weighted by Gasteiger charge is -2.22. The van der Waals surface area contributed by atoms with Gasteiger partial charge in [-0.25, -0.2) is 10.5 Å². The number of carbonyl (C=O) groups excluding carboxylic acids is 1. The van der Waals surface area contributed by atoms with E-state index in [2.05, 4.69) is 43.9 Å². The molecule has 0 bridgehead atoms. The fourth-order valence-corrected chi connectivity index (χ4v) is 3.27. The first-order valence-electron chi connectivity index (χ1n) is 10.7. The monoisotopic (exact) mass is 400 g/mol. The molecule has 6 nitrogen and oxygen atoms in total. The zero-order chi connectivity index (χ0) is 21.4. The second-order valence-electron chi connectivity index (χ2n) is 8.49. The maximum absolute atomic E-state index is 11.2. The Kier molecular flexibility index (Phi) is 8.86. The molecule has 2 N–H and O–H groups in total. The molecule has 2 aromatic heterocycles. The predicted octanol–water partition coefficient (Wildman–Crippen LogP) is 4.31. The molecule has 0 aromatic carbocycles. The van der Waals surface area contributed by atoms with Crippen LogP contribution in [-0.4, -0.2) is 38.5 Å². The van der Waals surface area contributed by atoms with E-state index in [-0.39, 0.29) is 0 Å². The molecular formula is C23H36N4O2. The molecule has 0 saturated carbocycles. The van der Waals surface area contributed by atoms with Crippen molar-refractivity contribution in [2.75, 3.05) is 13.1 Å². The van der Waals surface area contributed by atoms with E-state index in [1.807, 2.05) is 18.3 Å². The van der Waals surface area contributed by atoms with Crippen LogP contribution in [0.25, 0.3) is 11.7 Å². The van der Waals surface area contributed by atoms with Crippen LogP contribution in [0.4, 0.5) is 0 Å². The summed E-state index contributed by atoms with van der Waals surface area (Å²) in [5.74, 6) is 0.777. The largest absolute Gasteiger partial charge is 0.302 e. The van der Waals surface area contributed by atoms with Gasteiger partial charge >= 0.3 is 0 Å². The van der Waals surface area contributed by atoms with Crippen LogP contribution in [0.15, 0.2) is 24.4 Å². The van der Waals surface area contributed by atoms with Crippen LogP contribution < -0.4 is 5.48 Å². The molecule has 2 rings (SSSR count). The zero-order valence-electron chi connectivity index (χ0n) is 18.5. The SMILES string of the molecule is CCN(CCC(C)C)Cc1c(CCC(C)C)nc2cc(/C=C/C(=O)NO)ccn12. The number of hydrogen-bond donors (Lipinski definition) is 2. The average molecular weight is 401 g/mol. The predicted molar refractivity (Wildman–Crippen MR) is 118 cm³/mol. The number of pyridine rings is 1. The third-order valence-electron chi connectivity index (χ3n) is 5.17. The number of carbonyl (C=O) groups is 1. The van der Waals surface area contributed by atoms with Gasteiger partial charge in [0.15, 0.2) is 0 Å². The third-order valence-corrected chi connectivity index (χ3v) is 5.17. The number of imidazole rings is 1. The van der Waals surface area contributed by atoms with E-state index >= 15 is 0 Å². The molecule has 2 heterocycles. The molecule has 0 aliphatic carbocycles. The van der Waals surface area contributed by atoms with Gasteiger partial charge in [-0.05, 0) is 68.0 Å². The normalized spacial score (nSPS) is 12.2. The number of fused-ring (bicyclic) bond motifs is 1. The Bertz CT molecular complexity index is 824. The number of hydroxylamine groups is 1. The zero-order valence-corrected chi connectivity index (χ0v) is 18.5. The molecule has 0 fully saturated rings. The number of aryl methyl sites for hydroxylation is 1. The van der Waals surface area contributed by atoms with Crippen molar-refractivity contribution in [2.24, 2.45) is 11.8 Å². The van der Waals surface area contributed by atoms with Crippen molar-refractivity contribution >= 4 is 17.6 Å². The minimum atomic E-state index is -0.546. The van der Waals surface area contributed by atoms with E-state index < -0.39 is 5.91 Å². The second kappa shape index (κ2) is 11.1. The molecule has 2 aromatic rings. The Labute approximate surface area is 174 Å². The van der Waals surface area contributed by atoms with Crippen molar-refractivity contribution < 1.29 is 10.0 Å². The summed E-state index contributed by atoms with van der Waals surface area (Å²) in [4.78, 5) is 18.7. The van der Waals surface area contributed by atoms with E-state index in [9.17, 15) is 4.79 Å². The molecular weight excluding hydrogens is 364 g/mol. The number of nitrogens with zero attached hydrogens (tertiary/aromatic N) is 3. The lowest BCUT2D eigenvalue weighted by Crippen LogP contribution is -2.26. The molecule has 0 aliphatic heterocycles. The molecule has 6 heteroatoms. The van der Waals surface area contributed by atoms with E-state index in [0.29, 0.717) is 11.8 Å². The van der Waals surface area contributed by atoms with Crippen LogP contribution in [0.2, 0.25) is 0 Å². The molecule has 1 amide bonds. The Morgan fingerprint density at radius 1 is 1.28 bits per heavy atom. The molecule has 160 valence electrons. The highest BCUT2D eigenvalue weighted by molar-refractivity contribution is 5.90. The molecule has 0 spiro atoms. The highest BCUT2D eigenvalue weighted by Crippen LogP contribution is 2.20. The van der Waals surface area contributed by atoms with Crippen LogP contribution in [0.5, 0.6) is 0 Å². The van der Waals surface area contributed by atoms with Crippen molar-refractivity contribution in [3.05, 3.63) is 41.4 Å². The fraction of sp³-hybridized carbons (Fsp3) is 0.565. The summed E-state index contributed by atoms with van der Waals surface area (Å²) in [6.07, 6.45) is 8.28. The highest BCUT2D eigenvalue weighted by Gasteiger charge is 2.16. The first-order chi connectivity index (χ1) is 13.8. The maximum atomic E-state index is 11.2. The van der Waals surface area contributed by atoms with Gasteiger partial charge in [0, 0.05) is 18.8 Å². The molecule has 29 heavy (non-hydrogen) atoms. The summed E-state index contributed by atoms with van der Waals surface area (Å²) < 4.78 is 2.18. The van der Waals surface area contributed by atoms with Crippen molar-refractivity contribution in [2.45, 2.75) is 60.4 Å². The first kappa shape index (κ1) is 23.1. The average Bonchev–Trinajstić information content (AvgIpc) is 3.03. The first-order valence-corrected chi connectivity index (χ1v) is 10.7. The van der Waals surface area contributed by atoms with E-state index in [0.717, 1.165) is 49.4 Å². The van der Waals surface area contributed by atoms with Crippen LogP contribution >= 0.6 is 0 Å². The van der Waals surface area contributed by atoms with Gasteiger partial charge in [0.2, 0.25) is 0 Å². The Morgan fingerprint density at radius 2 is 2.00 bits per heavy atom. The van der Waals surface area contributed by atoms with Gasteiger partial charge in [-0.2, -0.15) is 0 Å². The maximum Gasteiger partial charge on any atom is 0.267 e. The number of rotatable bonds is 11. The van der Waals surface area contributed by atoms with Crippen molar-refractivity contribution in [3.63, 3.8) is 0 Å². The van der Waals surface area contributed by atoms with Gasteiger partial charge in [-0.3, -0.25) is 14.9 Å². The lowest BCUT2D eigenvalue weighted by atomic mass is 10.1. The molecule has 0 aliphatic rings. The Morgan fingerprint density at radius 3 is 2.62 bits per heavy atom. The topological polar surface area (TPSA) is 69.9 Å². The van der Waals surface area contributed by atoms with Crippen LogP contribution in [0.3, 0.4) is 0 Å². The highest BCUT2D eigenvalue weighted by atomic mass is 16.5. The van der Waals surface area contributed by atoms with Gasteiger partial charge in [-0.1, -0.05) is 34.6 Å². The van der Waals surface area contributed by atoms with E-state index in [1.54, 1.807) is 11.6 Å². The van der Waals surface area contributed by atoms with E-state index in [4.69, 9.17) is 10.2 Å². The molecule has 0 saturated heterocycles. The lowest BCUT2D eigenvalue weighted by molar-refractivity contribution is -0.124. The number of amides is 1. The van der Waals surface area contributed by atoms with Crippen molar-refractivity contribution in [1.29, 1.82) is 0 Å². The number of nitrogens with one attached hydrogen (secondary N) is 1. The van der Waals surface area contributed by atoms with Crippen LogP contribution in [0.1, 0.15) is 64.4 Å². The fourth-order valence-electron chi connectivity index (χ4n) is 3.27. The second-order valence-corrected chi connectivity index (χ2v) is 8.49. The van der Waals surface area contributed by atoms with Crippen molar-refractivity contribution in [3.8, 4) is 0 Å². The number of hydrogen-bond acceptors (Lipinski definition) is 4. The van der Waals surface area contributed by atoms with Crippen molar-refractivity contribution in [1.82, 2.24) is 19.8 Å². The summed E-state index contributed by atoms with van der Waals surface area (Å²) in [5.41, 5.74) is 5.80. The quantitative estimate of drug-likeness (QED) is 0.335. The number of aromatic nitrogens is 2. The minimum absolute atomic E-state index is 0.546. The summed E-state index contributed by atoms with van der Waals surface area (Å²) in [7, 11) is 0. The van der Waals surface area contributed by atoms with Crippen LogP contribution in [-0.2, 0) is 17.8 Å². The molecule has 0 unspecified atom stereocenters. The van der Waals surface area contributed by atoms with E-state index in [1.165, 1.54) is 18.2 Å². The Hall–Kier alpha value is -2.18. The summed E-state index contributed by atoms with van der Waals surface area (Å²) in [5, 5.41) is 8.64. The standard InChI is InChI=1S/C23H36N4O2/c1-6-26(13-11-18(4)5)16-21-20(9-7-17(2)3)24-22-15-19(12-14-27(21)22)8-10-23(28)25-29/h8,10,12,14-15,17-18,29H,6-7,9,11,13,16H2,1-5H3,(H,25,28)/b10-8+. The Balaban J connectivity index is 2.34.